The van der Waals surface area contributed by atoms with Crippen LogP contribution in [0.3, 0.4) is 0 Å². The molecule has 0 saturated carbocycles. The fourth-order valence-electron chi connectivity index (χ4n) is 1.32. The van der Waals surface area contributed by atoms with Crippen LogP contribution in [0, 0.1) is 10.1 Å². The highest BCUT2D eigenvalue weighted by atomic mass is 19.4. The van der Waals surface area contributed by atoms with E-state index in [1.54, 1.807) is 6.07 Å². The topological polar surface area (TPSA) is 55.2 Å². The molecule has 0 aliphatic rings. The van der Waals surface area contributed by atoms with Crippen molar-refractivity contribution >= 4 is 0 Å². The monoisotopic (exact) mass is 260 g/mol. The van der Waals surface area contributed by atoms with Crippen LogP contribution in [0.4, 0.5) is 13.2 Å². The Labute approximate surface area is 101 Å². The van der Waals surface area contributed by atoms with Gasteiger partial charge < -0.3 is 5.32 Å². The molecule has 0 spiro atoms. The van der Waals surface area contributed by atoms with Gasteiger partial charge >= 0.3 is 6.18 Å². The number of rotatable bonds is 5. The van der Waals surface area contributed by atoms with E-state index in [0.717, 1.165) is 24.5 Å². The molecule has 0 radical (unpaired) electrons. The Bertz CT molecular complexity index is 444. The Morgan fingerprint density at radius 3 is 2.72 bits per heavy atom. The van der Waals surface area contributed by atoms with Gasteiger partial charge in [0.2, 0.25) is 6.20 Å². The van der Waals surface area contributed by atoms with E-state index in [1.165, 1.54) is 6.07 Å². The molecule has 1 aromatic carbocycles. The maximum atomic E-state index is 12.4. The van der Waals surface area contributed by atoms with E-state index in [1.807, 2.05) is 0 Å². The number of alkyl halides is 3. The predicted octanol–water partition coefficient (Wildman–Crippen LogP) is 2.59. The van der Waals surface area contributed by atoms with Crippen LogP contribution in [-0.4, -0.2) is 11.5 Å². The summed E-state index contributed by atoms with van der Waals surface area (Å²) in [5, 5.41) is 12.6. The summed E-state index contributed by atoms with van der Waals surface area (Å²) in [6, 6.07) is 4.99. The zero-order chi connectivity index (χ0) is 13.6. The van der Waals surface area contributed by atoms with Gasteiger partial charge in [0.1, 0.15) is 0 Å². The molecule has 0 fully saturated rings. The maximum Gasteiger partial charge on any atom is 0.416 e. The lowest BCUT2D eigenvalue weighted by Crippen LogP contribution is -2.11. The summed E-state index contributed by atoms with van der Waals surface area (Å²) in [6.45, 7) is 0.325. The van der Waals surface area contributed by atoms with E-state index >= 15 is 0 Å². The number of nitrogens with zero attached hydrogens (tertiary/aromatic N) is 1. The van der Waals surface area contributed by atoms with Crippen molar-refractivity contribution < 1.29 is 18.1 Å². The van der Waals surface area contributed by atoms with Crippen LogP contribution in [0.15, 0.2) is 36.7 Å². The van der Waals surface area contributed by atoms with Gasteiger partial charge in [-0.25, -0.2) is 0 Å². The second-order valence-electron chi connectivity index (χ2n) is 3.50. The zero-order valence-corrected chi connectivity index (χ0v) is 9.28. The lowest BCUT2D eigenvalue weighted by atomic mass is 10.1. The molecule has 0 amide bonds. The van der Waals surface area contributed by atoms with Crippen molar-refractivity contribution in [3.8, 4) is 0 Å². The van der Waals surface area contributed by atoms with Crippen LogP contribution in [0.1, 0.15) is 11.1 Å². The predicted molar refractivity (Wildman–Crippen MR) is 59.3 cm³/mol. The van der Waals surface area contributed by atoms with E-state index in [0.29, 0.717) is 18.5 Å². The number of benzene rings is 1. The van der Waals surface area contributed by atoms with Gasteiger partial charge in [-0.1, -0.05) is 18.2 Å². The van der Waals surface area contributed by atoms with Crippen molar-refractivity contribution in [1.29, 1.82) is 0 Å². The first-order valence-electron chi connectivity index (χ1n) is 5.09. The molecule has 7 heteroatoms. The molecule has 0 bridgehead atoms. The summed E-state index contributed by atoms with van der Waals surface area (Å²) in [5.74, 6) is 0. The summed E-state index contributed by atoms with van der Waals surface area (Å²) < 4.78 is 37.2. The molecule has 0 aliphatic carbocycles. The molecule has 0 heterocycles. The number of halogens is 3. The minimum atomic E-state index is -4.35. The van der Waals surface area contributed by atoms with Gasteiger partial charge in [-0.15, -0.1) is 0 Å². The minimum absolute atomic E-state index is 0.325. The zero-order valence-electron chi connectivity index (χ0n) is 9.28. The van der Waals surface area contributed by atoms with Crippen molar-refractivity contribution in [3.63, 3.8) is 0 Å². The average molecular weight is 260 g/mol. The summed E-state index contributed by atoms with van der Waals surface area (Å²) >= 11 is 0. The van der Waals surface area contributed by atoms with Crippen molar-refractivity contribution in [2.75, 3.05) is 6.54 Å². The SMILES string of the molecule is O=[N+]([O-])C=CNCCc1cccc(C(F)(F)F)c1. The Morgan fingerprint density at radius 2 is 2.11 bits per heavy atom. The molecule has 1 aromatic rings. The second-order valence-corrected chi connectivity index (χ2v) is 3.50. The van der Waals surface area contributed by atoms with Gasteiger partial charge in [-0.2, -0.15) is 13.2 Å². The minimum Gasteiger partial charge on any atom is -0.386 e. The number of hydrogen-bond acceptors (Lipinski definition) is 3. The summed E-state index contributed by atoms with van der Waals surface area (Å²) in [4.78, 5) is 9.31. The third-order valence-electron chi connectivity index (χ3n) is 2.13. The molecule has 4 nitrogen and oxygen atoms in total. The first-order chi connectivity index (χ1) is 8.39. The Balaban J connectivity index is 2.51. The van der Waals surface area contributed by atoms with Crippen LogP contribution in [0.25, 0.3) is 0 Å². The third kappa shape index (κ3) is 4.86. The normalized spacial score (nSPS) is 11.7. The molecular formula is C11H11F3N2O2. The van der Waals surface area contributed by atoms with Crippen molar-refractivity contribution in [2.24, 2.45) is 0 Å². The van der Waals surface area contributed by atoms with Gasteiger partial charge in [-0.3, -0.25) is 10.1 Å². The van der Waals surface area contributed by atoms with Crippen LogP contribution >= 0.6 is 0 Å². The molecule has 0 saturated heterocycles. The molecule has 18 heavy (non-hydrogen) atoms. The highest BCUT2D eigenvalue weighted by Gasteiger charge is 2.30. The molecule has 1 N–H and O–H groups in total. The lowest BCUT2D eigenvalue weighted by Gasteiger charge is -2.08. The number of nitro groups is 1. The molecule has 1 rings (SSSR count). The Morgan fingerprint density at radius 1 is 1.39 bits per heavy atom. The fourth-order valence-corrected chi connectivity index (χ4v) is 1.32. The first-order valence-corrected chi connectivity index (χ1v) is 5.09. The van der Waals surface area contributed by atoms with Gasteiger partial charge in [0.15, 0.2) is 0 Å². The molecule has 0 aromatic heterocycles. The van der Waals surface area contributed by atoms with Crippen molar-refractivity contribution in [2.45, 2.75) is 12.6 Å². The maximum absolute atomic E-state index is 12.4. The molecular weight excluding hydrogens is 249 g/mol. The lowest BCUT2D eigenvalue weighted by molar-refractivity contribution is -0.402. The van der Waals surface area contributed by atoms with E-state index in [-0.39, 0.29) is 0 Å². The summed E-state index contributed by atoms with van der Waals surface area (Å²) in [6.07, 6.45) is -2.12. The first kappa shape index (κ1) is 14.0. The van der Waals surface area contributed by atoms with E-state index in [9.17, 15) is 23.3 Å². The van der Waals surface area contributed by atoms with Crippen LogP contribution < -0.4 is 5.32 Å². The van der Waals surface area contributed by atoms with Gasteiger partial charge in [-0.05, 0) is 18.1 Å². The summed E-state index contributed by atoms with van der Waals surface area (Å²) in [5.41, 5.74) is -0.173. The molecule has 0 aliphatic heterocycles. The molecule has 98 valence electrons. The Hall–Kier alpha value is -2.05. The van der Waals surface area contributed by atoms with Crippen molar-refractivity contribution in [3.05, 3.63) is 57.9 Å². The molecule has 0 atom stereocenters. The van der Waals surface area contributed by atoms with Gasteiger partial charge in [0.25, 0.3) is 0 Å². The highest BCUT2D eigenvalue weighted by molar-refractivity contribution is 5.25. The van der Waals surface area contributed by atoms with Gasteiger partial charge in [0, 0.05) is 6.54 Å². The van der Waals surface area contributed by atoms with Crippen LogP contribution in [0.2, 0.25) is 0 Å². The summed E-state index contributed by atoms with van der Waals surface area (Å²) in [7, 11) is 0. The van der Waals surface area contributed by atoms with Crippen LogP contribution in [0.5, 0.6) is 0 Å². The van der Waals surface area contributed by atoms with E-state index < -0.39 is 16.7 Å². The second kappa shape index (κ2) is 6.04. The van der Waals surface area contributed by atoms with Crippen LogP contribution in [-0.2, 0) is 12.6 Å². The van der Waals surface area contributed by atoms with E-state index in [4.69, 9.17) is 0 Å². The number of nitrogens with one attached hydrogen (secondary N) is 1. The van der Waals surface area contributed by atoms with Crippen molar-refractivity contribution in [1.82, 2.24) is 5.32 Å². The number of hydrogen-bond donors (Lipinski definition) is 1. The third-order valence-corrected chi connectivity index (χ3v) is 2.13. The smallest absolute Gasteiger partial charge is 0.386 e. The van der Waals surface area contributed by atoms with Gasteiger partial charge in [0.05, 0.1) is 16.7 Å². The molecule has 0 unspecified atom stereocenters. The Kier molecular flexibility index (Phi) is 4.70. The highest BCUT2D eigenvalue weighted by Crippen LogP contribution is 2.29. The quantitative estimate of drug-likeness (QED) is 0.503. The fraction of sp³-hybridized carbons (Fsp3) is 0.273. The largest absolute Gasteiger partial charge is 0.416 e. The standard InChI is InChI=1S/C11H11F3N2O2/c12-11(13,14)10-3-1-2-9(8-10)4-5-15-6-7-16(17)18/h1-3,6-8,15H,4-5H2. The average Bonchev–Trinajstić information content (AvgIpc) is 2.27. The van der Waals surface area contributed by atoms with E-state index in [2.05, 4.69) is 5.32 Å².